The summed E-state index contributed by atoms with van der Waals surface area (Å²) in [5.74, 6) is 2.73. The van der Waals surface area contributed by atoms with Gasteiger partial charge in [0, 0.05) is 75.6 Å². The highest BCUT2D eigenvalue weighted by molar-refractivity contribution is 5.85. The number of carbonyl (C=O) groups excluding carboxylic acids is 1. The molecule has 224 valence electrons. The Hall–Kier alpha value is -3.72. The van der Waals surface area contributed by atoms with Crippen LogP contribution in [0.4, 0.5) is 5.82 Å². The zero-order valence-corrected chi connectivity index (χ0v) is 24.3. The Balaban J connectivity index is 0.954. The zero-order valence-electron chi connectivity index (χ0n) is 24.3. The molecule has 0 spiro atoms. The number of nitrogens with zero attached hydrogens (tertiary/aromatic N) is 7. The van der Waals surface area contributed by atoms with Gasteiger partial charge in [0.15, 0.2) is 0 Å². The van der Waals surface area contributed by atoms with Gasteiger partial charge in [0.1, 0.15) is 24.2 Å². The predicted octanol–water partition coefficient (Wildman–Crippen LogP) is 2.32. The number of nitriles is 1. The van der Waals surface area contributed by atoms with Gasteiger partial charge in [-0.1, -0.05) is 0 Å². The number of aromatic nitrogens is 3. The van der Waals surface area contributed by atoms with Crippen molar-refractivity contribution in [2.45, 2.75) is 49.8 Å². The molecule has 5 saturated heterocycles. The average molecular weight is 584 g/mol. The monoisotopic (exact) mass is 583 g/mol. The second-order valence-corrected chi connectivity index (χ2v) is 13.1. The van der Waals surface area contributed by atoms with Crippen molar-refractivity contribution in [3.05, 3.63) is 42.4 Å². The molecule has 5 aliphatic heterocycles. The van der Waals surface area contributed by atoms with Crippen LogP contribution in [0.2, 0.25) is 0 Å². The summed E-state index contributed by atoms with van der Waals surface area (Å²) >= 11 is 0. The highest BCUT2D eigenvalue weighted by Crippen LogP contribution is 2.49. The van der Waals surface area contributed by atoms with Gasteiger partial charge in [0.2, 0.25) is 5.91 Å². The molecule has 1 N–H and O–H groups in total. The molecule has 3 aromatic heterocycles. The van der Waals surface area contributed by atoms with Crippen LogP contribution >= 0.6 is 0 Å². The van der Waals surface area contributed by atoms with Gasteiger partial charge in [0.25, 0.3) is 0 Å². The van der Waals surface area contributed by atoms with E-state index >= 15 is 0 Å². The predicted molar refractivity (Wildman–Crippen MR) is 158 cm³/mol. The third-order valence-electron chi connectivity index (χ3n) is 10.2. The van der Waals surface area contributed by atoms with Gasteiger partial charge in [-0.2, -0.15) is 10.4 Å². The van der Waals surface area contributed by atoms with Gasteiger partial charge in [-0.15, -0.1) is 0 Å². The van der Waals surface area contributed by atoms with E-state index in [0.717, 1.165) is 94.1 Å². The zero-order chi connectivity index (χ0) is 29.1. The largest absolute Gasteiger partial charge is 0.491 e. The van der Waals surface area contributed by atoms with Crippen LogP contribution in [-0.4, -0.2) is 106 Å². The number of amides is 1. The number of aliphatic hydroxyl groups is 1. The molecule has 0 radical (unpaired) electrons. The van der Waals surface area contributed by atoms with Crippen molar-refractivity contribution in [1.29, 1.82) is 5.26 Å². The third-order valence-corrected chi connectivity index (χ3v) is 10.2. The van der Waals surface area contributed by atoms with Crippen molar-refractivity contribution >= 4 is 17.2 Å². The maximum Gasteiger partial charge on any atom is 0.222 e. The van der Waals surface area contributed by atoms with E-state index in [1.807, 2.05) is 24.5 Å². The summed E-state index contributed by atoms with van der Waals surface area (Å²) in [5, 5.41) is 24.5. The summed E-state index contributed by atoms with van der Waals surface area (Å²) in [6.45, 7) is 5.94. The lowest BCUT2D eigenvalue weighted by molar-refractivity contribution is -0.136. The minimum absolute atomic E-state index is 0.277. The van der Waals surface area contributed by atoms with Gasteiger partial charge in [-0.3, -0.25) is 9.69 Å². The molecule has 3 aromatic rings. The van der Waals surface area contributed by atoms with Crippen LogP contribution in [0.25, 0.3) is 16.6 Å². The minimum Gasteiger partial charge on any atom is -0.491 e. The molecule has 11 nitrogen and oxygen atoms in total. The number of β-amino-alcohol motifs (C(OH)–C–C–N with tert-alkyl or cyclic N) is 1. The first kappa shape index (κ1) is 26.9. The quantitative estimate of drug-likeness (QED) is 0.426. The molecule has 9 rings (SSSR count). The van der Waals surface area contributed by atoms with Gasteiger partial charge >= 0.3 is 0 Å². The number of fused-ring (bicyclic) bond motifs is 4. The van der Waals surface area contributed by atoms with Crippen LogP contribution in [0.5, 0.6) is 5.75 Å². The Bertz CT molecular complexity index is 1570. The Morgan fingerprint density at radius 1 is 1.19 bits per heavy atom. The van der Waals surface area contributed by atoms with Crippen molar-refractivity contribution in [2.24, 2.45) is 11.8 Å². The number of carbonyl (C=O) groups is 1. The molecular weight excluding hydrogens is 546 g/mol. The molecule has 4 atom stereocenters. The van der Waals surface area contributed by atoms with E-state index in [2.05, 4.69) is 31.9 Å². The molecule has 11 heteroatoms. The Morgan fingerprint density at radius 2 is 2.02 bits per heavy atom. The normalized spacial score (nSPS) is 28.4. The number of likely N-dealkylation sites (tertiary alicyclic amines) is 1. The van der Waals surface area contributed by atoms with E-state index < -0.39 is 5.60 Å². The number of hydrogen-bond acceptors (Lipinski definition) is 9. The lowest BCUT2D eigenvalue weighted by Crippen LogP contribution is -2.70. The first-order valence-electron chi connectivity index (χ1n) is 15.6. The fourth-order valence-corrected chi connectivity index (χ4v) is 7.71. The second kappa shape index (κ2) is 10.5. The molecule has 1 amide bonds. The first-order chi connectivity index (χ1) is 21.0. The smallest absolute Gasteiger partial charge is 0.222 e. The number of ether oxygens (including phenoxy) is 2. The highest BCUT2D eigenvalue weighted by atomic mass is 16.5. The molecule has 2 bridgehead atoms. The van der Waals surface area contributed by atoms with E-state index in [-0.39, 0.29) is 5.91 Å². The average Bonchev–Trinajstić information content (AvgIpc) is 3.31. The van der Waals surface area contributed by atoms with Crippen molar-refractivity contribution in [1.82, 2.24) is 24.4 Å². The Morgan fingerprint density at radius 3 is 2.74 bits per heavy atom. The molecule has 6 aliphatic rings. The van der Waals surface area contributed by atoms with E-state index in [9.17, 15) is 15.2 Å². The summed E-state index contributed by atoms with van der Waals surface area (Å²) in [6.07, 6.45) is 9.86. The van der Waals surface area contributed by atoms with Gasteiger partial charge < -0.3 is 24.4 Å². The molecule has 1 saturated carbocycles. The fraction of sp³-hybridized carbons (Fsp3) is 0.562. The molecule has 1 aliphatic carbocycles. The number of piperazine rings is 1. The van der Waals surface area contributed by atoms with E-state index in [0.29, 0.717) is 48.3 Å². The number of anilines is 1. The molecule has 4 unspecified atom stereocenters. The maximum atomic E-state index is 13.0. The van der Waals surface area contributed by atoms with Crippen LogP contribution < -0.4 is 9.64 Å². The molecule has 43 heavy (non-hydrogen) atoms. The number of hydrogen-bond donors (Lipinski definition) is 1. The third kappa shape index (κ3) is 4.91. The SMILES string of the molecule is N#Cc1cnn2cc(OCCN3CC4CC4(O)C3)cc(-c3ccc(N4C5CC4CN(C(=O)CC4CCOCC4)C5)nc3)c12. The summed E-state index contributed by atoms with van der Waals surface area (Å²) < 4.78 is 13.3. The number of pyridine rings is 2. The maximum absolute atomic E-state index is 13.0. The standard InChI is InChI=1S/C32H37N7O4/c33-13-23-15-35-38-19-27(43-8-5-36-16-24-12-32(24,41)20-36)11-28(31(23)38)22-1-2-29(34-14-22)39-25-10-26(39)18-37(17-25)30(40)9-21-3-6-42-7-4-21/h1-2,11,14-15,19,21,24-26,41H,3-10,12,16-18,20H2. The Kier molecular flexibility index (Phi) is 6.54. The topological polar surface area (TPSA) is 119 Å². The van der Waals surface area contributed by atoms with E-state index in [1.165, 1.54) is 0 Å². The highest BCUT2D eigenvalue weighted by Gasteiger charge is 2.58. The summed E-state index contributed by atoms with van der Waals surface area (Å²) in [7, 11) is 0. The summed E-state index contributed by atoms with van der Waals surface area (Å²) in [4.78, 5) is 24.5. The summed E-state index contributed by atoms with van der Waals surface area (Å²) in [6, 6.07) is 8.91. The van der Waals surface area contributed by atoms with Gasteiger partial charge in [-0.25, -0.2) is 9.50 Å². The second-order valence-electron chi connectivity index (χ2n) is 13.1. The lowest BCUT2D eigenvalue weighted by atomic mass is 9.86. The van der Waals surface area contributed by atoms with Crippen LogP contribution in [0.15, 0.2) is 36.8 Å². The molecular formula is C32H37N7O4. The van der Waals surface area contributed by atoms with Crippen LogP contribution in [0.3, 0.4) is 0 Å². The van der Waals surface area contributed by atoms with Crippen molar-refractivity contribution in [2.75, 3.05) is 57.4 Å². The number of piperidine rings is 2. The van der Waals surface area contributed by atoms with E-state index in [4.69, 9.17) is 14.5 Å². The van der Waals surface area contributed by atoms with Crippen molar-refractivity contribution in [3.8, 4) is 22.9 Å². The van der Waals surface area contributed by atoms with Crippen molar-refractivity contribution < 1.29 is 19.4 Å². The molecule has 0 aromatic carbocycles. The fourth-order valence-electron chi connectivity index (χ4n) is 7.71. The van der Waals surface area contributed by atoms with Crippen LogP contribution in [0.1, 0.15) is 37.7 Å². The molecule has 8 heterocycles. The van der Waals surface area contributed by atoms with Crippen LogP contribution in [0, 0.1) is 23.2 Å². The molecule has 6 fully saturated rings. The first-order valence-corrected chi connectivity index (χ1v) is 15.6. The Labute approximate surface area is 250 Å². The number of rotatable bonds is 8. The van der Waals surface area contributed by atoms with Crippen LogP contribution in [-0.2, 0) is 9.53 Å². The van der Waals surface area contributed by atoms with Gasteiger partial charge in [-0.05, 0) is 49.8 Å². The van der Waals surface area contributed by atoms with Crippen molar-refractivity contribution in [3.63, 3.8) is 0 Å². The van der Waals surface area contributed by atoms with E-state index in [1.54, 1.807) is 10.7 Å². The van der Waals surface area contributed by atoms with Gasteiger partial charge in [0.05, 0.1) is 41.2 Å². The minimum atomic E-state index is -0.468. The summed E-state index contributed by atoms with van der Waals surface area (Å²) in [5.41, 5.74) is 2.49. The lowest BCUT2D eigenvalue weighted by Gasteiger charge is -2.57.